The van der Waals surface area contributed by atoms with E-state index < -0.39 is 11.9 Å². The van der Waals surface area contributed by atoms with Crippen LogP contribution in [0.25, 0.3) is 0 Å². The Labute approximate surface area is 160 Å². The zero-order chi connectivity index (χ0) is 20.1. The lowest BCUT2D eigenvalue weighted by Gasteiger charge is -2.20. The first kappa shape index (κ1) is 22.5. The van der Waals surface area contributed by atoms with Gasteiger partial charge < -0.3 is 19.7 Å². The fraction of sp³-hybridized carbons (Fsp3) is 0.500. The summed E-state index contributed by atoms with van der Waals surface area (Å²) in [4.78, 5) is 20.7. The molecule has 0 bridgehead atoms. The van der Waals surface area contributed by atoms with Crippen LogP contribution in [-0.4, -0.2) is 60.4 Å². The first-order valence-electron chi connectivity index (χ1n) is 9.07. The predicted molar refractivity (Wildman–Crippen MR) is 103 cm³/mol. The van der Waals surface area contributed by atoms with Crippen molar-refractivity contribution in [2.45, 2.75) is 32.1 Å². The van der Waals surface area contributed by atoms with Gasteiger partial charge in [-0.15, -0.1) is 6.58 Å². The van der Waals surface area contributed by atoms with Crippen LogP contribution in [0, 0.1) is 0 Å². The number of carbonyl (C=O) groups is 2. The van der Waals surface area contributed by atoms with Crippen molar-refractivity contribution in [2.75, 3.05) is 33.4 Å². The van der Waals surface area contributed by atoms with E-state index in [1.54, 1.807) is 7.11 Å². The number of carboxylic acid groups (broad SMARTS) is 2. The van der Waals surface area contributed by atoms with E-state index in [2.05, 4.69) is 17.5 Å². The second-order valence-electron chi connectivity index (χ2n) is 6.19. The molecule has 0 aliphatic carbocycles. The number of allylic oxidation sites excluding steroid dienone is 1. The van der Waals surface area contributed by atoms with Gasteiger partial charge in [0.15, 0.2) is 11.5 Å². The van der Waals surface area contributed by atoms with Crippen LogP contribution in [0.4, 0.5) is 0 Å². The zero-order valence-electron chi connectivity index (χ0n) is 15.9. The number of benzene rings is 1. The Morgan fingerprint density at radius 2 is 1.74 bits per heavy atom. The molecule has 1 fully saturated rings. The van der Waals surface area contributed by atoms with Gasteiger partial charge in [-0.05, 0) is 50.0 Å². The van der Waals surface area contributed by atoms with Crippen molar-refractivity contribution in [3.05, 3.63) is 36.4 Å². The zero-order valence-corrected chi connectivity index (χ0v) is 15.9. The summed E-state index contributed by atoms with van der Waals surface area (Å²) in [6, 6.07) is 6.11. The molecule has 1 saturated heterocycles. The standard InChI is InChI=1S/C18H27NO2.C2H2O4/c1-3-8-16-9-10-17(18(15-16)20-2)21-14-13-19-11-6-4-5-7-12-19;3-1(4)2(5)6/h3,9-10,15H,1,4-8,11-14H2,2H3;(H,3,4)(H,5,6). The maximum Gasteiger partial charge on any atom is 0.414 e. The van der Waals surface area contributed by atoms with Gasteiger partial charge in [-0.3, -0.25) is 4.90 Å². The molecule has 1 heterocycles. The highest BCUT2D eigenvalue weighted by Crippen LogP contribution is 2.28. The van der Waals surface area contributed by atoms with Crippen LogP contribution in [0.3, 0.4) is 0 Å². The maximum absolute atomic E-state index is 9.10. The molecule has 0 spiro atoms. The van der Waals surface area contributed by atoms with Gasteiger partial charge in [0, 0.05) is 6.54 Å². The smallest absolute Gasteiger partial charge is 0.414 e. The fourth-order valence-corrected chi connectivity index (χ4v) is 2.77. The molecule has 27 heavy (non-hydrogen) atoms. The van der Waals surface area contributed by atoms with Crippen LogP contribution >= 0.6 is 0 Å². The Morgan fingerprint density at radius 3 is 2.26 bits per heavy atom. The molecular weight excluding hydrogens is 350 g/mol. The normalized spacial score (nSPS) is 14.3. The Kier molecular flexibility index (Phi) is 10.6. The predicted octanol–water partition coefficient (Wildman–Crippen LogP) is 2.83. The van der Waals surface area contributed by atoms with Gasteiger partial charge >= 0.3 is 11.9 Å². The largest absolute Gasteiger partial charge is 0.493 e. The molecule has 0 saturated carbocycles. The highest BCUT2D eigenvalue weighted by atomic mass is 16.5. The molecule has 7 heteroatoms. The number of likely N-dealkylation sites (tertiary alicyclic amines) is 1. The van der Waals surface area contributed by atoms with Crippen molar-refractivity contribution in [1.29, 1.82) is 0 Å². The Balaban J connectivity index is 0.000000527. The molecule has 7 nitrogen and oxygen atoms in total. The number of nitrogens with zero attached hydrogens (tertiary/aromatic N) is 1. The summed E-state index contributed by atoms with van der Waals surface area (Å²) in [6.07, 6.45) is 8.13. The quantitative estimate of drug-likeness (QED) is 0.555. The molecule has 1 aromatic rings. The Morgan fingerprint density at radius 1 is 1.11 bits per heavy atom. The van der Waals surface area contributed by atoms with E-state index in [1.807, 2.05) is 18.2 Å². The van der Waals surface area contributed by atoms with Crippen molar-refractivity contribution >= 4 is 11.9 Å². The van der Waals surface area contributed by atoms with Crippen LogP contribution in [-0.2, 0) is 16.0 Å². The van der Waals surface area contributed by atoms with Gasteiger partial charge in [0.05, 0.1) is 7.11 Å². The molecule has 0 aromatic heterocycles. The van der Waals surface area contributed by atoms with Crippen molar-refractivity contribution in [1.82, 2.24) is 4.90 Å². The van der Waals surface area contributed by atoms with Crippen LogP contribution < -0.4 is 9.47 Å². The second kappa shape index (κ2) is 12.8. The molecule has 0 amide bonds. The van der Waals surface area contributed by atoms with E-state index >= 15 is 0 Å². The van der Waals surface area contributed by atoms with Gasteiger partial charge in [-0.25, -0.2) is 9.59 Å². The number of rotatable bonds is 7. The summed E-state index contributed by atoms with van der Waals surface area (Å²) in [5.41, 5.74) is 1.20. The highest BCUT2D eigenvalue weighted by Gasteiger charge is 2.10. The van der Waals surface area contributed by atoms with Crippen LogP contribution in [0.2, 0.25) is 0 Å². The number of hydrogen-bond acceptors (Lipinski definition) is 5. The summed E-state index contributed by atoms with van der Waals surface area (Å²) >= 11 is 0. The molecule has 2 N–H and O–H groups in total. The SMILES string of the molecule is C=CCc1ccc(OCCN2CCCCCC2)c(OC)c1.O=C(O)C(=O)O. The summed E-state index contributed by atoms with van der Waals surface area (Å²) in [5, 5.41) is 14.8. The Hall–Kier alpha value is -2.54. The maximum atomic E-state index is 9.10. The number of ether oxygens (including phenoxy) is 2. The minimum atomic E-state index is -1.82. The summed E-state index contributed by atoms with van der Waals surface area (Å²) in [7, 11) is 1.69. The first-order valence-corrected chi connectivity index (χ1v) is 9.07. The van der Waals surface area contributed by atoms with Gasteiger partial charge in [0.25, 0.3) is 0 Å². The first-order chi connectivity index (χ1) is 13.0. The third-order valence-electron chi connectivity index (χ3n) is 4.15. The molecular formula is C20H29NO6. The third kappa shape index (κ3) is 9.10. The van der Waals surface area contributed by atoms with Crippen molar-refractivity contribution in [2.24, 2.45) is 0 Å². The molecule has 2 rings (SSSR count). The van der Waals surface area contributed by atoms with Gasteiger partial charge in [-0.1, -0.05) is 25.0 Å². The minimum absolute atomic E-state index is 0.719. The summed E-state index contributed by atoms with van der Waals surface area (Å²) in [6.45, 7) is 7.90. The number of aliphatic carboxylic acids is 2. The number of methoxy groups -OCH3 is 1. The third-order valence-corrected chi connectivity index (χ3v) is 4.15. The van der Waals surface area contributed by atoms with E-state index in [-0.39, 0.29) is 0 Å². The van der Waals surface area contributed by atoms with E-state index in [0.717, 1.165) is 31.1 Å². The van der Waals surface area contributed by atoms with E-state index in [4.69, 9.17) is 29.3 Å². The lowest BCUT2D eigenvalue weighted by Crippen LogP contribution is -2.29. The molecule has 0 radical (unpaired) electrons. The molecule has 0 atom stereocenters. The average molecular weight is 379 g/mol. The molecule has 0 unspecified atom stereocenters. The summed E-state index contributed by atoms with van der Waals surface area (Å²) < 4.78 is 11.3. The Bertz CT molecular complexity index is 596. The highest BCUT2D eigenvalue weighted by molar-refractivity contribution is 6.27. The van der Waals surface area contributed by atoms with E-state index in [0.29, 0.717) is 0 Å². The molecule has 1 aromatic carbocycles. The van der Waals surface area contributed by atoms with Crippen LogP contribution in [0.15, 0.2) is 30.9 Å². The van der Waals surface area contributed by atoms with Crippen LogP contribution in [0.5, 0.6) is 11.5 Å². The lowest BCUT2D eigenvalue weighted by atomic mass is 10.1. The van der Waals surface area contributed by atoms with Gasteiger partial charge in [0.1, 0.15) is 6.61 Å². The number of hydrogen-bond donors (Lipinski definition) is 2. The molecule has 150 valence electrons. The average Bonchev–Trinajstić information content (AvgIpc) is 2.92. The molecule has 1 aliphatic heterocycles. The molecule has 1 aliphatic rings. The van der Waals surface area contributed by atoms with E-state index in [9.17, 15) is 0 Å². The van der Waals surface area contributed by atoms with Gasteiger partial charge in [-0.2, -0.15) is 0 Å². The van der Waals surface area contributed by atoms with E-state index in [1.165, 1.54) is 44.3 Å². The summed E-state index contributed by atoms with van der Waals surface area (Å²) in [5.74, 6) is -2.00. The van der Waals surface area contributed by atoms with Crippen molar-refractivity contribution in [3.63, 3.8) is 0 Å². The van der Waals surface area contributed by atoms with Crippen molar-refractivity contribution < 1.29 is 29.3 Å². The second-order valence-corrected chi connectivity index (χ2v) is 6.19. The lowest BCUT2D eigenvalue weighted by molar-refractivity contribution is -0.159. The number of carboxylic acids is 2. The van der Waals surface area contributed by atoms with Gasteiger partial charge in [0.2, 0.25) is 0 Å². The minimum Gasteiger partial charge on any atom is -0.493 e. The van der Waals surface area contributed by atoms with Crippen LogP contribution in [0.1, 0.15) is 31.2 Å². The topological polar surface area (TPSA) is 96.3 Å². The fourth-order valence-electron chi connectivity index (χ4n) is 2.77. The van der Waals surface area contributed by atoms with Crippen molar-refractivity contribution in [3.8, 4) is 11.5 Å². The monoisotopic (exact) mass is 379 g/mol.